The molecule has 0 bridgehead atoms. The van der Waals surface area contributed by atoms with Gasteiger partial charge in [-0.3, -0.25) is 14.6 Å². The quantitative estimate of drug-likeness (QED) is 0.574. The number of nitrogens with one attached hydrogen (secondary N) is 1. The maximum Gasteiger partial charge on any atom is 0.260 e. The molecule has 1 aromatic carbocycles. The van der Waals surface area contributed by atoms with Crippen molar-refractivity contribution in [2.75, 3.05) is 0 Å². The number of amides is 1. The lowest BCUT2D eigenvalue weighted by atomic mass is 10.3. The molecule has 0 radical (unpaired) electrons. The molecule has 0 aliphatic rings. The third-order valence-corrected chi connectivity index (χ3v) is 3.07. The van der Waals surface area contributed by atoms with E-state index in [9.17, 15) is 9.59 Å². The third kappa shape index (κ3) is 3.65. The van der Waals surface area contributed by atoms with Crippen LogP contribution in [0.4, 0.5) is 0 Å². The molecule has 1 amide bonds. The molecule has 2 aromatic heterocycles. The number of para-hydroxylation sites is 2. The summed E-state index contributed by atoms with van der Waals surface area (Å²) in [6.07, 6.45) is 4.52. The number of aromatic nitrogens is 3. The van der Waals surface area contributed by atoms with Crippen molar-refractivity contribution in [2.24, 2.45) is 5.10 Å². The zero-order valence-electron chi connectivity index (χ0n) is 12.1. The molecule has 0 saturated carbocycles. The van der Waals surface area contributed by atoms with Crippen LogP contribution in [0, 0.1) is 0 Å². The fourth-order valence-corrected chi connectivity index (χ4v) is 1.99. The first kappa shape index (κ1) is 14.6. The van der Waals surface area contributed by atoms with E-state index in [1.54, 1.807) is 24.5 Å². The lowest BCUT2D eigenvalue weighted by Crippen LogP contribution is -2.29. The molecule has 3 aromatic rings. The zero-order chi connectivity index (χ0) is 16.1. The van der Waals surface area contributed by atoms with Crippen LogP contribution in [0.2, 0.25) is 0 Å². The summed E-state index contributed by atoms with van der Waals surface area (Å²) < 4.78 is 1.29. The molecular formula is C16H13N5O2. The molecule has 0 spiro atoms. The number of hydrazone groups is 1. The highest BCUT2D eigenvalue weighted by atomic mass is 16.2. The number of carbonyl (C=O) groups is 1. The molecule has 114 valence electrons. The van der Waals surface area contributed by atoms with Crippen LogP contribution in [0.1, 0.15) is 5.69 Å². The first-order chi connectivity index (χ1) is 11.2. The highest BCUT2D eigenvalue weighted by molar-refractivity contribution is 5.83. The molecule has 0 saturated heterocycles. The predicted molar refractivity (Wildman–Crippen MR) is 86.0 cm³/mol. The minimum absolute atomic E-state index is 0.0968. The topological polar surface area (TPSA) is 89.2 Å². The fraction of sp³-hybridized carbons (Fsp3) is 0.0625. The number of pyridine rings is 1. The van der Waals surface area contributed by atoms with Gasteiger partial charge in [-0.15, -0.1) is 0 Å². The summed E-state index contributed by atoms with van der Waals surface area (Å²) >= 11 is 0. The van der Waals surface area contributed by atoms with Gasteiger partial charge in [0, 0.05) is 12.3 Å². The maximum absolute atomic E-state index is 11.7. The second kappa shape index (κ2) is 6.61. The van der Waals surface area contributed by atoms with Gasteiger partial charge < -0.3 is 4.57 Å². The first-order valence-electron chi connectivity index (χ1n) is 6.91. The third-order valence-electron chi connectivity index (χ3n) is 3.07. The van der Waals surface area contributed by atoms with E-state index in [0.29, 0.717) is 5.69 Å². The van der Waals surface area contributed by atoms with Crippen LogP contribution in [0.5, 0.6) is 0 Å². The van der Waals surface area contributed by atoms with Gasteiger partial charge in [0.1, 0.15) is 12.2 Å². The number of hydrogen-bond acceptors (Lipinski definition) is 5. The average Bonchev–Trinajstić information content (AvgIpc) is 2.57. The van der Waals surface area contributed by atoms with Crippen LogP contribution in [0.25, 0.3) is 11.0 Å². The molecule has 7 nitrogen and oxygen atoms in total. The molecule has 23 heavy (non-hydrogen) atoms. The van der Waals surface area contributed by atoms with E-state index in [4.69, 9.17) is 0 Å². The average molecular weight is 307 g/mol. The molecule has 0 unspecified atom stereocenters. The standard InChI is InChI=1S/C16H13N5O2/c22-15(11-21-8-4-3-7-16(21)23)20-18-10-12-9-17-13-5-1-2-6-14(13)19-12/h1-10H,11H2,(H,20,22)/b18-10-. The Labute approximate surface area is 131 Å². The van der Waals surface area contributed by atoms with Crippen LogP contribution in [-0.2, 0) is 11.3 Å². The highest BCUT2D eigenvalue weighted by Crippen LogP contribution is 2.07. The Morgan fingerprint density at radius 2 is 1.96 bits per heavy atom. The Balaban J connectivity index is 1.64. The monoisotopic (exact) mass is 307 g/mol. The molecule has 1 N–H and O–H groups in total. The Kier molecular flexibility index (Phi) is 4.19. The molecular weight excluding hydrogens is 294 g/mol. The normalized spacial score (nSPS) is 11.0. The summed E-state index contributed by atoms with van der Waals surface area (Å²) in [6, 6.07) is 12.2. The summed E-state index contributed by atoms with van der Waals surface area (Å²) in [7, 11) is 0. The first-order valence-corrected chi connectivity index (χ1v) is 6.91. The van der Waals surface area contributed by atoms with Gasteiger partial charge in [0.15, 0.2) is 0 Å². The summed E-state index contributed by atoms with van der Waals surface area (Å²) in [4.78, 5) is 31.8. The number of hydrogen-bond donors (Lipinski definition) is 1. The number of fused-ring (bicyclic) bond motifs is 1. The number of carbonyl (C=O) groups excluding carboxylic acids is 1. The summed E-state index contributed by atoms with van der Waals surface area (Å²) in [5, 5.41) is 3.83. The van der Waals surface area contributed by atoms with Crippen LogP contribution in [-0.4, -0.2) is 26.7 Å². The Morgan fingerprint density at radius 3 is 2.78 bits per heavy atom. The Morgan fingerprint density at radius 1 is 1.17 bits per heavy atom. The molecule has 0 fully saturated rings. The second-order valence-electron chi connectivity index (χ2n) is 4.74. The van der Waals surface area contributed by atoms with Gasteiger partial charge in [-0.2, -0.15) is 5.10 Å². The zero-order valence-corrected chi connectivity index (χ0v) is 12.1. The van der Waals surface area contributed by atoms with Crippen LogP contribution in [0.3, 0.4) is 0 Å². The summed E-state index contributed by atoms with van der Waals surface area (Å²) in [5.74, 6) is -0.400. The molecule has 7 heteroatoms. The van der Waals surface area contributed by atoms with E-state index in [-0.39, 0.29) is 12.1 Å². The van der Waals surface area contributed by atoms with E-state index in [0.717, 1.165) is 11.0 Å². The highest BCUT2D eigenvalue weighted by Gasteiger charge is 2.02. The van der Waals surface area contributed by atoms with Crippen molar-refractivity contribution in [3.05, 3.63) is 70.9 Å². The predicted octanol–water partition coefficient (Wildman–Crippen LogP) is 0.942. The number of benzene rings is 1. The van der Waals surface area contributed by atoms with Gasteiger partial charge in [0.25, 0.3) is 11.5 Å². The maximum atomic E-state index is 11.7. The SMILES string of the molecule is O=C(Cn1ccccc1=O)N/N=C\c1cnc2ccccc2n1. The fourth-order valence-electron chi connectivity index (χ4n) is 1.99. The number of rotatable bonds is 4. The molecule has 0 aliphatic heterocycles. The van der Waals surface area contributed by atoms with E-state index in [1.807, 2.05) is 24.3 Å². The van der Waals surface area contributed by atoms with Gasteiger partial charge in [-0.1, -0.05) is 18.2 Å². The second-order valence-corrected chi connectivity index (χ2v) is 4.74. The van der Waals surface area contributed by atoms with E-state index >= 15 is 0 Å². The van der Waals surface area contributed by atoms with Crippen LogP contribution >= 0.6 is 0 Å². The van der Waals surface area contributed by atoms with Crippen molar-refractivity contribution >= 4 is 23.2 Å². The van der Waals surface area contributed by atoms with Gasteiger partial charge in [-0.25, -0.2) is 10.4 Å². The van der Waals surface area contributed by atoms with Crippen molar-refractivity contribution < 1.29 is 4.79 Å². The van der Waals surface area contributed by atoms with Crippen LogP contribution < -0.4 is 11.0 Å². The largest absolute Gasteiger partial charge is 0.306 e. The minimum Gasteiger partial charge on any atom is -0.306 e. The van der Waals surface area contributed by atoms with Gasteiger partial charge in [0.2, 0.25) is 0 Å². The van der Waals surface area contributed by atoms with Crippen molar-refractivity contribution in [3.63, 3.8) is 0 Å². The van der Waals surface area contributed by atoms with E-state index in [2.05, 4.69) is 20.5 Å². The summed E-state index contributed by atoms with van der Waals surface area (Å²) in [6.45, 7) is -0.0968. The molecule has 0 aliphatic carbocycles. The Bertz CT molecular complexity index is 933. The Hall–Kier alpha value is -3.35. The van der Waals surface area contributed by atoms with E-state index < -0.39 is 5.91 Å². The van der Waals surface area contributed by atoms with Gasteiger partial charge in [-0.05, 0) is 18.2 Å². The van der Waals surface area contributed by atoms with Gasteiger partial charge in [0.05, 0.1) is 23.4 Å². The van der Waals surface area contributed by atoms with Crippen molar-refractivity contribution in [2.45, 2.75) is 6.54 Å². The van der Waals surface area contributed by atoms with Crippen molar-refractivity contribution in [1.29, 1.82) is 0 Å². The van der Waals surface area contributed by atoms with E-state index in [1.165, 1.54) is 16.8 Å². The molecule has 2 heterocycles. The lowest BCUT2D eigenvalue weighted by molar-refractivity contribution is -0.121. The minimum atomic E-state index is -0.400. The molecule has 3 rings (SSSR count). The lowest BCUT2D eigenvalue weighted by Gasteiger charge is -2.03. The molecule has 0 atom stereocenters. The smallest absolute Gasteiger partial charge is 0.260 e. The van der Waals surface area contributed by atoms with Crippen LogP contribution in [0.15, 0.2) is 64.8 Å². The number of nitrogens with zero attached hydrogens (tertiary/aromatic N) is 4. The summed E-state index contributed by atoms with van der Waals surface area (Å²) in [5.41, 5.74) is 4.18. The van der Waals surface area contributed by atoms with Gasteiger partial charge >= 0.3 is 0 Å². The van der Waals surface area contributed by atoms with Crippen molar-refractivity contribution in [1.82, 2.24) is 20.0 Å². The van der Waals surface area contributed by atoms with Crippen molar-refractivity contribution in [3.8, 4) is 0 Å².